The number of alkyl halides is 12. The number of β-amino-alcohol motifs (C(OH)–C–C–N with tert-alkyl or cyclic N) is 2. The molecule has 17 nitrogen and oxygen atoms in total. The minimum Gasteiger partial charge on any atom is -0.453 e. The van der Waals surface area contributed by atoms with Crippen LogP contribution in [-0.4, -0.2) is 187 Å². The van der Waals surface area contributed by atoms with Gasteiger partial charge in [0.05, 0.1) is 77.0 Å². The van der Waals surface area contributed by atoms with Crippen molar-refractivity contribution in [1.82, 2.24) is 19.6 Å². The van der Waals surface area contributed by atoms with Gasteiger partial charge in [0, 0.05) is 33.1 Å². The van der Waals surface area contributed by atoms with Crippen LogP contribution in [0.25, 0.3) is 0 Å². The van der Waals surface area contributed by atoms with Gasteiger partial charge in [-0.3, -0.25) is 14.7 Å². The molecule has 5 aliphatic heterocycles. The molecule has 0 spiro atoms. The smallest absolute Gasteiger partial charge is 0.417 e. The van der Waals surface area contributed by atoms with Gasteiger partial charge < -0.3 is 49.0 Å². The van der Waals surface area contributed by atoms with Crippen molar-refractivity contribution in [3.05, 3.63) is 47.5 Å². The zero-order chi connectivity index (χ0) is 49.0. The van der Waals surface area contributed by atoms with Gasteiger partial charge >= 0.3 is 49.1 Å². The maximum atomic E-state index is 12.5. The number of nitrogens with zero attached hydrogens (tertiary/aromatic N) is 4. The van der Waals surface area contributed by atoms with Crippen LogP contribution in [-0.2, 0) is 23.7 Å². The van der Waals surface area contributed by atoms with Crippen LogP contribution in [0, 0.1) is 5.92 Å². The molecule has 29 heteroatoms. The number of carbonyl (C=O) groups excluding carboxylic acids is 4. The Balaban J connectivity index is 0.000000415. The number of hydrogen-bond acceptors (Lipinski definition) is 13. The Morgan fingerprint density at radius 3 is 1.56 bits per heavy atom. The lowest BCUT2D eigenvalue weighted by molar-refractivity contribution is -0.228. The van der Waals surface area contributed by atoms with E-state index in [1.54, 1.807) is 0 Å². The zero-order valence-corrected chi connectivity index (χ0v) is 32.8. The van der Waals surface area contributed by atoms with Crippen molar-refractivity contribution in [3.63, 3.8) is 0 Å². The molecule has 2 saturated heterocycles. The lowest BCUT2D eigenvalue weighted by Crippen LogP contribution is -2.58. The number of hydrogen-bond donors (Lipinski definition) is 4. The van der Waals surface area contributed by atoms with Gasteiger partial charge in [0.15, 0.2) is 0 Å². The van der Waals surface area contributed by atoms with Gasteiger partial charge in [0.25, 0.3) is 0 Å². The normalized spacial score (nSPS) is 25.9. The summed E-state index contributed by atoms with van der Waals surface area (Å²) < 4.78 is 176. The number of methoxy groups -OCH3 is 4. The topological polar surface area (TPSA) is 212 Å². The molecule has 0 unspecified atom stereocenters. The van der Waals surface area contributed by atoms with Crippen molar-refractivity contribution < 1.29 is 117 Å². The van der Waals surface area contributed by atoms with Gasteiger partial charge in [0.1, 0.15) is 30.3 Å². The average molecular weight is 933 g/mol. The van der Waals surface area contributed by atoms with Crippen molar-refractivity contribution in [3.8, 4) is 0 Å². The highest BCUT2D eigenvalue weighted by atomic mass is 19.4. The maximum Gasteiger partial charge on any atom is 0.417 e. The van der Waals surface area contributed by atoms with Gasteiger partial charge in [-0.1, -0.05) is 19.6 Å². The first-order valence-electron chi connectivity index (χ1n) is 17.8. The molecule has 2 fully saturated rings. The molecule has 5 rings (SSSR count). The number of aliphatic hydroxyl groups excluding tert-OH is 4. The second-order valence-electron chi connectivity index (χ2n) is 12.7. The molecule has 7 atom stereocenters. The summed E-state index contributed by atoms with van der Waals surface area (Å²) in [6, 6.07) is 0. The first-order valence-corrected chi connectivity index (χ1v) is 16.8. The highest BCUT2D eigenvalue weighted by molar-refractivity contribution is 5.70. The van der Waals surface area contributed by atoms with Crippen molar-refractivity contribution in [2.75, 3.05) is 61.2 Å². The van der Waals surface area contributed by atoms with Crippen molar-refractivity contribution in [1.29, 1.82) is 0 Å². The summed E-state index contributed by atoms with van der Waals surface area (Å²) in [5.41, 5.74) is -3.07. The number of piperidine rings is 1. The summed E-state index contributed by atoms with van der Waals surface area (Å²) in [7, 11) is 5.51. The maximum absolute atomic E-state index is 12.5. The molecule has 4 amide bonds. The second-order valence-corrected chi connectivity index (χ2v) is 12.7. The van der Waals surface area contributed by atoms with E-state index in [1.165, 1.54) is 13.5 Å². The number of halogens is 12. The van der Waals surface area contributed by atoms with Crippen LogP contribution in [0.5, 0.6) is 0 Å². The zero-order valence-electron chi connectivity index (χ0n) is 33.8. The molecule has 0 saturated carbocycles. The molecule has 5 heterocycles. The lowest BCUT2D eigenvalue weighted by atomic mass is 9.92. The van der Waals surface area contributed by atoms with E-state index >= 15 is 0 Å². The Bertz CT molecular complexity index is 1690. The van der Waals surface area contributed by atoms with E-state index in [0.29, 0.717) is 11.1 Å². The van der Waals surface area contributed by atoms with Crippen LogP contribution in [0.3, 0.4) is 0 Å². The summed E-state index contributed by atoms with van der Waals surface area (Å²) in [4.78, 5) is 47.0. The predicted molar refractivity (Wildman–Crippen MR) is 182 cm³/mol. The number of ether oxygens (including phenoxy) is 5. The monoisotopic (exact) mass is 932 g/mol. The number of amides is 4. The van der Waals surface area contributed by atoms with Gasteiger partial charge in [-0.05, 0) is 0 Å². The third kappa shape index (κ3) is 15.1. The number of rotatable bonds is 0. The molecular formula is C33H42F12N4O13. The Morgan fingerprint density at radius 2 is 1.11 bits per heavy atom. The van der Waals surface area contributed by atoms with Gasteiger partial charge in [0.2, 0.25) is 0 Å². The number of epoxide rings is 1. The summed E-state index contributed by atoms with van der Waals surface area (Å²) in [6.45, 7) is -1.34. The van der Waals surface area contributed by atoms with E-state index in [4.69, 9.17) is 11.2 Å². The summed E-state index contributed by atoms with van der Waals surface area (Å²) in [5, 5.41) is 36.7. The standard InChI is InChI=1S/C8H12F3NO4.C8H10F3NO4.C8H8F3NO3.C8H8F3NO2.CH4/c2*1-16-7(15)12-2-4(8(9,10)11)6(14)5(13)3-12;1-14-7(13)12-2-4(8(9,10)11)6-5(3-12)15-6;1-14-7(13)12-4-2-3-6(5-12)8(9,10)11;/h4-6,13-14H,2-3H2,1H3;2,5-6,13-14H,3H2,1H3;2,5-6H,3H2,1H3;2-3,5H,4H2,1H3;1H4/t4-,5+,6+;5-,6-;5-,6+;;/m010../s1/i;;;;1T. The Kier molecular flexibility index (Phi) is 18.7. The number of likely N-dealkylation sites (tertiary alicyclic amines) is 1. The molecule has 62 heavy (non-hydrogen) atoms. The summed E-state index contributed by atoms with van der Waals surface area (Å²) >= 11 is 0. The van der Waals surface area contributed by atoms with Crippen LogP contribution in [0.4, 0.5) is 71.9 Å². The minimum absolute atomic E-state index is 0.0895. The lowest BCUT2D eigenvalue weighted by Gasteiger charge is -2.39. The molecule has 0 aliphatic carbocycles. The third-order valence-corrected chi connectivity index (χ3v) is 8.51. The largest absolute Gasteiger partial charge is 0.453 e. The van der Waals surface area contributed by atoms with Gasteiger partial charge in [-0.2, -0.15) is 52.7 Å². The van der Waals surface area contributed by atoms with Crippen LogP contribution in [0.15, 0.2) is 47.5 Å². The number of carbonyl (C=O) groups is 4. The fourth-order valence-electron chi connectivity index (χ4n) is 5.38. The minimum atomic E-state index is -4.81. The van der Waals surface area contributed by atoms with E-state index in [9.17, 15) is 87.2 Å². The van der Waals surface area contributed by atoms with Crippen molar-refractivity contribution in [2.45, 2.75) is 68.7 Å². The quantitative estimate of drug-likeness (QED) is 0.153. The number of aliphatic hydroxyl groups is 4. The van der Waals surface area contributed by atoms with Crippen LogP contribution in [0.1, 0.15) is 8.77 Å². The van der Waals surface area contributed by atoms with Gasteiger partial charge in [-0.25, -0.2) is 19.2 Å². The highest BCUT2D eigenvalue weighted by Gasteiger charge is 2.56. The third-order valence-electron chi connectivity index (χ3n) is 8.51. The Hall–Kier alpha value is -5.00. The highest BCUT2D eigenvalue weighted by Crippen LogP contribution is 2.43. The fraction of sp³-hybridized carbons (Fsp3) is 0.636. The van der Waals surface area contributed by atoms with Gasteiger partial charge in [-0.15, -0.1) is 0 Å². The van der Waals surface area contributed by atoms with Crippen molar-refractivity contribution >= 4 is 24.4 Å². The molecule has 0 aromatic rings. The van der Waals surface area contributed by atoms with E-state index < -0.39 is 121 Å². The van der Waals surface area contributed by atoms with Crippen molar-refractivity contribution in [2.24, 2.45) is 5.92 Å². The summed E-state index contributed by atoms with van der Waals surface area (Å²) in [5.74, 6) is -2.16. The second kappa shape index (κ2) is 21.9. The Labute approximate surface area is 344 Å². The first-order chi connectivity index (χ1) is 28.9. The molecule has 0 radical (unpaired) electrons. The number of fused-ring (bicyclic) bond motifs is 1. The fourth-order valence-corrected chi connectivity index (χ4v) is 5.38. The molecule has 356 valence electrons. The number of allylic oxidation sites excluding steroid dienone is 2. The predicted octanol–water partition coefficient (Wildman–Crippen LogP) is 4.19. The molecule has 4 N–H and O–H groups in total. The van der Waals surface area contributed by atoms with E-state index in [0.717, 1.165) is 61.6 Å². The summed E-state index contributed by atoms with van der Waals surface area (Å²) in [6.07, 6.45) is -26.7. The molecule has 5 aliphatic rings. The molecular weight excluding hydrogens is 888 g/mol. The van der Waals surface area contributed by atoms with E-state index in [2.05, 4.69) is 18.9 Å². The van der Waals surface area contributed by atoms with Crippen LogP contribution in [0.2, 0.25) is 0 Å². The molecule has 0 aromatic heterocycles. The molecule has 0 bridgehead atoms. The Morgan fingerprint density at radius 1 is 0.645 bits per heavy atom. The first kappa shape index (κ1) is 53.1. The van der Waals surface area contributed by atoms with E-state index in [1.807, 2.05) is 0 Å². The van der Waals surface area contributed by atoms with Crippen LogP contribution < -0.4 is 0 Å². The average Bonchev–Trinajstić information content (AvgIpc) is 4.01. The molecule has 0 aromatic carbocycles. The van der Waals surface area contributed by atoms with E-state index in [-0.39, 0.29) is 19.6 Å². The SMILES string of the molecule is COC(=O)N1C=C(C(F)(F)F)C=CC1.COC(=O)N1C=C(C(F)(F)F)[C@@H](O)[C@H](O)C1.COC(=O)N1C=C(C(F)(F)F)[C@H]2O[C@H]2C1.COC(=O)N1C[C@@H](O)[C@H](O)[C@@H](C(F)(F)F)C1.[3H]C. The van der Waals surface area contributed by atoms with Crippen LogP contribution >= 0.6 is 0 Å².